The van der Waals surface area contributed by atoms with Gasteiger partial charge in [-0.25, -0.2) is 0 Å². The van der Waals surface area contributed by atoms with Crippen LogP contribution in [-0.2, 0) is 0 Å². The Bertz CT molecular complexity index is 704. The van der Waals surface area contributed by atoms with Crippen molar-refractivity contribution in [2.75, 3.05) is 5.32 Å². The number of phenols is 1. The van der Waals surface area contributed by atoms with E-state index in [1.807, 2.05) is 19.1 Å². The van der Waals surface area contributed by atoms with Crippen LogP contribution in [0.2, 0.25) is 0 Å². The third-order valence-corrected chi connectivity index (χ3v) is 3.59. The third kappa shape index (κ3) is 4.40. The van der Waals surface area contributed by atoms with Crippen LogP contribution in [-0.4, -0.2) is 16.1 Å². The number of thiocarbonyl (C=S) groups is 1. The Balaban J connectivity index is 2.03. The lowest BCUT2D eigenvalue weighted by molar-refractivity contribution is 0.0977. The van der Waals surface area contributed by atoms with E-state index < -0.39 is 0 Å². The van der Waals surface area contributed by atoms with Crippen LogP contribution in [0.1, 0.15) is 15.9 Å². The van der Waals surface area contributed by atoms with E-state index in [0.717, 1.165) is 9.13 Å². The number of nitrogens with one attached hydrogen (secondary N) is 2. The Hall–Kier alpha value is -1.67. The smallest absolute Gasteiger partial charge is 0.257 e. The summed E-state index contributed by atoms with van der Waals surface area (Å²) in [6.07, 6.45) is 0. The zero-order valence-corrected chi connectivity index (χ0v) is 14.2. The van der Waals surface area contributed by atoms with Crippen molar-refractivity contribution in [1.82, 2.24) is 5.32 Å². The first-order valence-corrected chi connectivity index (χ1v) is 7.62. The van der Waals surface area contributed by atoms with E-state index in [4.69, 9.17) is 12.2 Å². The van der Waals surface area contributed by atoms with Gasteiger partial charge >= 0.3 is 0 Å². The van der Waals surface area contributed by atoms with E-state index in [1.54, 1.807) is 30.3 Å². The molecule has 0 saturated heterocycles. The summed E-state index contributed by atoms with van der Waals surface area (Å²) in [7, 11) is 0. The molecular weight excluding hydrogens is 399 g/mol. The number of hydrogen-bond donors (Lipinski definition) is 3. The van der Waals surface area contributed by atoms with Gasteiger partial charge in [0.25, 0.3) is 5.91 Å². The third-order valence-electron chi connectivity index (χ3n) is 2.72. The van der Waals surface area contributed by atoms with Crippen molar-refractivity contribution >= 4 is 51.5 Å². The molecule has 0 bridgehead atoms. The van der Waals surface area contributed by atoms with Crippen LogP contribution >= 0.6 is 34.8 Å². The molecule has 4 nitrogen and oxygen atoms in total. The summed E-state index contributed by atoms with van der Waals surface area (Å²) in [4.78, 5) is 12.0. The number of hydrogen-bond acceptors (Lipinski definition) is 3. The number of aromatic hydroxyl groups is 1. The van der Waals surface area contributed by atoms with Gasteiger partial charge in [0.1, 0.15) is 5.75 Å². The molecule has 1 amide bonds. The van der Waals surface area contributed by atoms with E-state index >= 15 is 0 Å². The Morgan fingerprint density at radius 3 is 2.67 bits per heavy atom. The van der Waals surface area contributed by atoms with Gasteiger partial charge in [0.15, 0.2) is 5.11 Å². The molecule has 0 atom stereocenters. The quantitative estimate of drug-likeness (QED) is 0.402. The summed E-state index contributed by atoms with van der Waals surface area (Å²) >= 11 is 7.22. The van der Waals surface area contributed by atoms with Crippen LogP contribution in [0.5, 0.6) is 5.75 Å². The number of halogens is 1. The van der Waals surface area contributed by atoms with E-state index in [2.05, 4.69) is 33.2 Å². The van der Waals surface area contributed by atoms with Gasteiger partial charge in [-0.05, 0) is 77.6 Å². The molecule has 2 aromatic carbocycles. The molecule has 108 valence electrons. The fourth-order valence-electron chi connectivity index (χ4n) is 1.71. The number of rotatable bonds is 2. The van der Waals surface area contributed by atoms with Crippen LogP contribution in [0.15, 0.2) is 42.5 Å². The fourth-order valence-corrected chi connectivity index (χ4v) is 2.45. The molecule has 0 spiro atoms. The van der Waals surface area contributed by atoms with Gasteiger partial charge < -0.3 is 10.4 Å². The van der Waals surface area contributed by atoms with E-state index in [9.17, 15) is 9.90 Å². The second kappa shape index (κ2) is 6.86. The second-order valence-electron chi connectivity index (χ2n) is 4.44. The van der Waals surface area contributed by atoms with Crippen LogP contribution < -0.4 is 10.6 Å². The Kier molecular flexibility index (Phi) is 5.13. The van der Waals surface area contributed by atoms with Gasteiger partial charge in [-0.15, -0.1) is 0 Å². The Morgan fingerprint density at radius 1 is 1.24 bits per heavy atom. The van der Waals surface area contributed by atoms with E-state index in [0.29, 0.717) is 11.3 Å². The van der Waals surface area contributed by atoms with Crippen molar-refractivity contribution in [1.29, 1.82) is 0 Å². The van der Waals surface area contributed by atoms with Gasteiger partial charge in [-0.1, -0.05) is 12.1 Å². The minimum atomic E-state index is -0.294. The van der Waals surface area contributed by atoms with E-state index in [-0.39, 0.29) is 16.8 Å². The molecule has 0 fully saturated rings. The lowest BCUT2D eigenvalue weighted by atomic mass is 10.2. The Labute approximate surface area is 141 Å². The van der Waals surface area contributed by atoms with Crippen LogP contribution in [0.25, 0.3) is 0 Å². The topological polar surface area (TPSA) is 61.4 Å². The molecule has 6 heteroatoms. The molecule has 0 heterocycles. The lowest BCUT2D eigenvalue weighted by Crippen LogP contribution is -2.34. The van der Waals surface area contributed by atoms with Crippen LogP contribution in [0, 0.1) is 10.5 Å². The molecule has 0 aliphatic rings. The van der Waals surface area contributed by atoms with Gasteiger partial charge in [0.05, 0.1) is 5.69 Å². The predicted octanol–water partition coefficient (Wildman–Crippen LogP) is 3.43. The minimum absolute atomic E-state index is 0.0841. The highest BCUT2D eigenvalue weighted by atomic mass is 127. The highest BCUT2D eigenvalue weighted by Gasteiger charge is 2.09. The average molecular weight is 412 g/mol. The zero-order valence-electron chi connectivity index (χ0n) is 11.2. The van der Waals surface area contributed by atoms with Gasteiger partial charge in [0, 0.05) is 9.13 Å². The summed E-state index contributed by atoms with van der Waals surface area (Å²) in [5.41, 5.74) is 1.92. The average Bonchev–Trinajstić information content (AvgIpc) is 2.42. The maximum atomic E-state index is 12.0. The van der Waals surface area contributed by atoms with Crippen molar-refractivity contribution < 1.29 is 9.90 Å². The number of amides is 1. The standard InChI is InChI=1S/C15H13IN2O2S/c1-9-5-6-12(13(19)7-9)17-15(21)18-14(20)10-3-2-4-11(16)8-10/h2-8,19H,1H3,(H2,17,18,20,21). The molecule has 0 radical (unpaired) electrons. The number of benzene rings is 2. The highest BCUT2D eigenvalue weighted by Crippen LogP contribution is 2.23. The first-order valence-electron chi connectivity index (χ1n) is 6.13. The molecule has 21 heavy (non-hydrogen) atoms. The van der Waals surface area contributed by atoms with Crippen molar-refractivity contribution in [3.05, 3.63) is 57.2 Å². The predicted molar refractivity (Wildman–Crippen MR) is 95.7 cm³/mol. The first-order chi connectivity index (χ1) is 9.95. The van der Waals surface area contributed by atoms with Crippen LogP contribution in [0.3, 0.4) is 0 Å². The van der Waals surface area contributed by atoms with Gasteiger partial charge in [-0.3, -0.25) is 10.1 Å². The molecule has 2 aromatic rings. The molecule has 2 rings (SSSR count). The normalized spacial score (nSPS) is 10.0. The van der Waals surface area contributed by atoms with Gasteiger partial charge in [-0.2, -0.15) is 0 Å². The maximum Gasteiger partial charge on any atom is 0.257 e. The number of carbonyl (C=O) groups is 1. The first kappa shape index (κ1) is 15.7. The van der Waals surface area contributed by atoms with E-state index in [1.165, 1.54) is 0 Å². The Morgan fingerprint density at radius 2 is 2.00 bits per heavy atom. The zero-order chi connectivity index (χ0) is 15.4. The summed E-state index contributed by atoms with van der Waals surface area (Å²) in [5, 5.41) is 15.3. The second-order valence-corrected chi connectivity index (χ2v) is 6.09. The molecule has 0 aliphatic heterocycles. The molecule has 0 aromatic heterocycles. The number of aryl methyl sites for hydroxylation is 1. The lowest BCUT2D eigenvalue weighted by Gasteiger charge is -2.11. The molecule has 0 aliphatic carbocycles. The van der Waals surface area contributed by atoms with Crippen molar-refractivity contribution in [3.63, 3.8) is 0 Å². The molecule has 0 saturated carbocycles. The van der Waals surface area contributed by atoms with Crippen molar-refractivity contribution in [2.24, 2.45) is 0 Å². The highest BCUT2D eigenvalue weighted by molar-refractivity contribution is 14.1. The van der Waals surface area contributed by atoms with Crippen molar-refractivity contribution in [2.45, 2.75) is 6.92 Å². The largest absolute Gasteiger partial charge is 0.506 e. The molecule has 3 N–H and O–H groups in total. The SMILES string of the molecule is Cc1ccc(NC(=S)NC(=O)c2cccc(I)c2)c(O)c1. The molecular formula is C15H13IN2O2S. The maximum absolute atomic E-state index is 12.0. The fraction of sp³-hybridized carbons (Fsp3) is 0.0667. The summed E-state index contributed by atoms with van der Waals surface area (Å²) in [6, 6.07) is 12.3. The number of anilines is 1. The number of phenolic OH excluding ortho intramolecular Hbond substituents is 1. The monoisotopic (exact) mass is 412 g/mol. The van der Waals surface area contributed by atoms with Gasteiger partial charge in [0.2, 0.25) is 0 Å². The summed E-state index contributed by atoms with van der Waals surface area (Å²) < 4.78 is 0.968. The minimum Gasteiger partial charge on any atom is -0.506 e. The molecule has 0 unspecified atom stereocenters. The van der Waals surface area contributed by atoms with Crippen molar-refractivity contribution in [3.8, 4) is 5.75 Å². The van der Waals surface area contributed by atoms with Crippen LogP contribution in [0.4, 0.5) is 5.69 Å². The number of carbonyl (C=O) groups excluding carboxylic acids is 1. The summed E-state index contributed by atoms with van der Waals surface area (Å²) in [5.74, 6) is -0.210. The summed E-state index contributed by atoms with van der Waals surface area (Å²) in [6.45, 7) is 1.88.